The molecule has 13 heteroatoms. The van der Waals surface area contributed by atoms with Crippen LogP contribution in [0.15, 0.2) is 70.7 Å². The van der Waals surface area contributed by atoms with Crippen molar-refractivity contribution in [1.82, 2.24) is 0 Å². The van der Waals surface area contributed by atoms with Gasteiger partial charge >= 0.3 is 17.8 Å². The van der Waals surface area contributed by atoms with Gasteiger partial charge in [0.2, 0.25) is 5.75 Å². The molecule has 0 atom stereocenters. The number of nitrogens with zero attached hydrogens (tertiary/aromatic N) is 2. The molecule has 3 aromatic rings. The summed E-state index contributed by atoms with van der Waals surface area (Å²) in [6, 6.07) is 13.5. The summed E-state index contributed by atoms with van der Waals surface area (Å²) in [4.78, 5) is 34.7. The molecule has 0 aromatic heterocycles. The summed E-state index contributed by atoms with van der Waals surface area (Å²) in [6.45, 7) is 0. The maximum Gasteiger partial charge on any atom is 0.416 e. The number of amides is 1. The van der Waals surface area contributed by atoms with E-state index in [2.05, 4.69) is 26.0 Å². The van der Waals surface area contributed by atoms with E-state index in [-0.39, 0.29) is 28.1 Å². The van der Waals surface area contributed by atoms with Crippen molar-refractivity contribution in [1.29, 1.82) is 5.26 Å². The number of nitro groups is 1. The molecule has 0 spiro atoms. The molecule has 0 aliphatic heterocycles. The van der Waals surface area contributed by atoms with Crippen molar-refractivity contribution < 1.29 is 37.2 Å². The fourth-order valence-corrected chi connectivity index (χ4v) is 3.46. The molecule has 0 aliphatic carbocycles. The lowest BCUT2D eigenvalue weighted by molar-refractivity contribution is -0.385. The van der Waals surface area contributed by atoms with Crippen LogP contribution >= 0.6 is 15.9 Å². The van der Waals surface area contributed by atoms with E-state index in [1.54, 1.807) is 6.07 Å². The number of hydrogen-bond acceptors (Lipinski definition) is 7. The quantitative estimate of drug-likeness (QED) is 0.109. The molecular formula is C25H15BrF3N3O6. The van der Waals surface area contributed by atoms with Gasteiger partial charge in [0.15, 0.2) is 0 Å². The lowest BCUT2D eigenvalue weighted by atomic mass is 10.1. The van der Waals surface area contributed by atoms with Gasteiger partial charge in [-0.25, -0.2) is 4.79 Å². The maximum atomic E-state index is 13.0. The Morgan fingerprint density at radius 2 is 1.74 bits per heavy atom. The number of carbonyl (C=O) groups is 2. The van der Waals surface area contributed by atoms with E-state index in [0.717, 1.165) is 12.1 Å². The van der Waals surface area contributed by atoms with Gasteiger partial charge in [0.1, 0.15) is 17.4 Å². The molecule has 38 heavy (non-hydrogen) atoms. The van der Waals surface area contributed by atoms with Gasteiger partial charge in [-0.3, -0.25) is 14.9 Å². The second kappa shape index (κ2) is 11.6. The summed E-state index contributed by atoms with van der Waals surface area (Å²) < 4.78 is 49.7. The number of nitriles is 1. The molecule has 0 radical (unpaired) electrons. The highest BCUT2D eigenvalue weighted by atomic mass is 79.9. The summed E-state index contributed by atoms with van der Waals surface area (Å²) in [5, 5.41) is 23.5. The molecule has 0 saturated heterocycles. The number of carbonyl (C=O) groups excluding carboxylic acids is 2. The van der Waals surface area contributed by atoms with E-state index in [0.29, 0.717) is 16.6 Å². The van der Waals surface area contributed by atoms with Crippen LogP contribution in [-0.4, -0.2) is 23.9 Å². The first-order valence-electron chi connectivity index (χ1n) is 10.4. The van der Waals surface area contributed by atoms with Gasteiger partial charge in [-0.15, -0.1) is 0 Å². The number of hydrogen-bond donors (Lipinski definition) is 1. The SMILES string of the molecule is COC(=O)c1ccc(NC(=O)/C(C#N)=C/c2cc(Br)ccc2Oc2ccc(C(F)(F)F)cc2[N+](=O)[O-])cc1. The molecule has 194 valence electrons. The van der Waals surface area contributed by atoms with Gasteiger partial charge in [-0.2, -0.15) is 18.4 Å². The number of anilines is 1. The molecule has 0 fully saturated rings. The molecule has 0 saturated carbocycles. The average molecular weight is 590 g/mol. The fourth-order valence-electron chi connectivity index (χ4n) is 3.08. The minimum atomic E-state index is -4.80. The van der Waals surface area contributed by atoms with E-state index in [1.807, 2.05) is 0 Å². The van der Waals surface area contributed by atoms with Crippen LogP contribution in [0.1, 0.15) is 21.5 Å². The number of methoxy groups -OCH3 is 1. The molecule has 1 amide bonds. The molecule has 0 aliphatic rings. The largest absolute Gasteiger partial charge is 0.465 e. The number of rotatable bonds is 7. The molecule has 0 bridgehead atoms. The van der Waals surface area contributed by atoms with Crippen molar-refractivity contribution in [2.75, 3.05) is 12.4 Å². The number of alkyl halides is 3. The number of benzene rings is 3. The standard InChI is InChI=1S/C25H15BrF3N3O6/c1-37-24(34)14-2-6-19(7-3-14)31-23(33)16(13-30)10-15-11-18(26)5-9-21(15)38-22-8-4-17(25(27,28)29)12-20(22)32(35)36/h2-12H,1H3,(H,31,33)/b16-10+. The number of ether oxygens (including phenoxy) is 2. The normalized spacial score (nSPS) is 11.3. The van der Waals surface area contributed by atoms with Crippen LogP contribution in [0.5, 0.6) is 11.5 Å². The van der Waals surface area contributed by atoms with Gasteiger partial charge < -0.3 is 14.8 Å². The Hall–Kier alpha value is -4.70. The zero-order valence-electron chi connectivity index (χ0n) is 19.2. The summed E-state index contributed by atoms with van der Waals surface area (Å²) in [7, 11) is 1.22. The van der Waals surface area contributed by atoms with Crippen molar-refractivity contribution in [3.8, 4) is 17.6 Å². The van der Waals surface area contributed by atoms with Crippen molar-refractivity contribution in [2.24, 2.45) is 0 Å². The summed E-state index contributed by atoms with van der Waals surface area (Å²) in [5.74, 6) is -1.94. The third kappa shape index (κ3) is 6.74. The van der Waals surface area contributed by atoms with Crippen molar-refractivity contribution in [2.45, 2.75) is 6.18 Å². The third-order valence-corrected chi connectivity index (χ3v) is 5.40. The summed E-state index contributed by atoms with van der Waals surface area (Å²) in [6.07, 6.45) is -3.66. The molecule has 3 aromatic carbocycles. The zero-order chi connectivity index (χ0) is 28.0. The molecule has 0 heterocycles. The Labute approximate surface area is 221 Å². The van der Waals surface area contributed by atoms with E-state index >= 15 is 0 Å². The predicted molar refractivity (Wildman–Crippen MR) is 132 cm³/mol. The van der Waals surface area contributed by atoms with Crippen LogP contribution in [0.2, 0.25) is 0 Å². The second-order valence-corrected chi connectivity index (χ2v) is 8.33. The summed E-state index contributed by atoms with van der Waals surface area (Å²) in [5.41, 5.74) is -1.89. The average Bonchev–Trinajstić information content (AvgIpc) is 2.87. The zero-order valence-corrected chi connectivity index (χ0v) is 20.8. The Morgan fingerprint density at radius 3 is 2.32 bits per heavy atom. The molecule has 0 unspecified atom stereocenters. The topological polar surface area (TPSA) is 132 Å². The van der Waals surface area contributed by atoms with Gasteiger partial charge in [0, 0.05) is 21.8 Å². The van der Waals surface area contributed by atoms with Crippen LogP contribution in [-0.2, 0) is 15.7 Å². The van der Waals surface area contributed by atoms with Crippen LogP contribution in [0, 0.1) is 21.4 Å². The summed E-state index contributed by atoms with van der Waals surface area (Å²) >= 11 is 3.24. The monoisotopic (exact) mass is 589 g/mol. The predicted octanol–water partition coefficient (Wildman–Crippen LogP) is 6.50. The maximum absolute atomic E-state index is 13.0. The smallest absolute Gasteiger partial charge is 0.416 e. The van der Waals surface area contributed by atoms with E-state index < -0.39 is 40.0 Å². The Balaban J connectivity index is 1.93. The van der Waals surface area contributed by atoms with Gasteiger partial charge in [-0.05, 0) is 60.7 Å². The highest BCUT2D eigenvalue weighted by molar-refractivity contribution is 9.10. The highest BCUT2D eigenvalue weighted by Gasteiger charge is 2.33. The first-order valence-corrected chi connectivity index (χ1v) is 11.2. The molecule has 3 rings (SSSR count). The van der Waals surface area contributed by atoms with E-state index in [9.17, 15) is 38.1 Å². The van der Waals surface area contributed by atoms with Crippen LogP contribution in [0.3, 0.4) is 0 Å². The van der Waals surface area contributed by atoms with Gasteiger partial charge in [-0.1, -0.05) is 15.9 Å². The molecule has 9 nitrogen and oxygen atoms in total. The minimum Gasteiger partial charge on any atom is -0.465 e. The number of halogens is 4. The molecule has 1 N–H and O–H groups in total. The second-order valence-electron chi connectivity index (χ2n) is 7.41. The minimum absolute atomic E-state index is 0.0703. The van der Waals surface area contributed by atoms with Gasteiger partial charge in [0.05, 0.1) is 23.2 Å². The Bertz CT molecular complexity index is 1480. The first kappa shape index (κ1) is 27.9. The first-order chi connectivity index (χ1) is 17.9. The van der Waals surface area contributed by atoms with E-state index in [4.69, 9.17) is 4.74 Å². The van der Waals surface area contributed by atoms with Crippen LogP contribution < -0.4 is 10.1 Å². The molecular weight excluding hydrogens is 575 g/mol. The Morgan fingerprint density at radius 1 is 1.08 bits per heavy atom. The fraction of sp³-hybridized carbons (Fsp3) is 0.0800. The Kier molecular flexibility index (Phi) is 8.49. The van der Waals surface area contributed by atoms with Gasteiger partial charge in [0.25, 0.3) is 5.91 Å². The van der Waals surface area contributed by atoms with Crippen LogP contribution in [0.25, 0.3) is 6.08 Å². The van der Waals surface area contributed by atoms with Crippen molar-refractivity contribution >= 4 is 45.3 Å². The third-order valence-electron chi connectivity index (χ3n) is 4.90. The number of nitro benzene ring substituents is 1. The van der Waals surface area contributed by atoms with Crippen molar-refractivity contribution in [3.63, 3.8) is 0 Å². The highest BCUT2D eigenvalue weighted by Crippen LogP contribution is 2.39. The van der Waals surface area contributed by atoms with Crippen LogP contribution in [0.4, 0.5) is 24.5 Å². The van der Waals surface area contributed by atoms with E-state index in [1.165, 1.54) is 49.6 Å². The number of nitrogens with one attached hydrogen (secondary N) is 1. The van der Waals surface area contributed by atoms with Crippen molar-refractivity contribution in [3.05, 3.63) is 97.5 Å². The number of esters is 1. The lowest BCUT2D eigenvalue weighted by Crippen LogP contribution is -2.13. The lowest BCUT2D eigenvalue weighted by Gasteiger charge is -2.12.